The SMILES string of the molecule is COc1ccccc1/C=C/C(=O)Nc1cc(OC)c(OC)cc1C(N)=O. The predicted octanol–water partition coefficient (Wildman–Crippen LogP) is 2.46. The molecule has 2 amide bonds. The molecule has 0 fully saturated rings. The van der Waals surface area contributed by atoms with Gasteiger partial charge in [0, 0.05) is 17.7 Å². The average Bonchev–Trinajstić information content (AvgIpc) is 2.65. The van der Waals surface area contributed by atoms with Crippen molar-refractivity contribution in [2.75, 3.05) is 26.6 Å². The highest BCUT2D eigenvalue weighted by Crippen LogP contribution is 2.33. The maximum Gasteiger partial charge on any atom is 0.250 e. The normalized spacial score (nSPS) is 10.4. The van der Waals surface area contributed by atoms with Crippen LogP contribution >= 0.6 is 0 Å². The van der Waals surface area contributed by atoms with Crippen molar-refractivity contribution in [3.8, 4) is 17.2 Å². The Kier molecular flexibility index (Phi) is 6.21. The molecule has 0 aliphatic heterocycles. The molecular formula is C19H20N2O5. The van der Waals surface area contributed by atoms with E-state index in [4.69, 9.17) is 19.9 Å². The van der Waals surface area contributed by atoms with Crippen LogP contribution in [0.4, 0.5) is 5.69 Å². The van der Waals surface area contributed by atoms with Gasteiger partial charge in [0.25, 0.3) is 5.91 Å². The van der Waals surface area contributed by atoms with E-state index in [1.807, 2.05) is 18.2 Å². The second-order valence-corrected chi connectivity index (χ2v) is 5.18. The fourth-order valence-electron chi connectivity index (χ4n) is 2.33. The molecule has 0 radical (unpaired) electrons. The van der Waals surface area contributed by atoms with Crippen LogP contribution in [-0.4, -0.2) is 33.1 Å². The molecule has 26 heavy (non-hydrogen) atoms. The lowest BCUT2D eigenvalue weighted by atomic mass is 10.1. The zero-order valence-electron chi connectivity index (χ0n) is 14.7. The molecule has 0 unspecified atom stereocenters. The van der Waals surface area contributed by atoms with Crippen molar-refractivity contribution in [2.24, 2.45) is 5.73 Å². The average molecular weight is 356 g/mol. The first kappa shape index (κ1) is 18.9. The molecular weight excluding hydrogens is 336 g/mol. The molecule has 0 atom stereocenters. The number of rotatable bonds is 7. The molecule has 0 bridgehead atoms. The van der Waals surface area contributed by atoms with Crippen molar-refractivity contribution in [3.05, 3.63) is 53.6 Å². The largest absolute Gasteiger partial charge is 0.496 e. The number of primary amides is 1. The van der Waals surface area contributed by atoms with Crippen LogP contribution in [0.25, 0.3) is 6.08 Å². The van der Waals surface area contributed by atoms with E-state index in [1.54, 1.807) is 19.3 Å². The summed E-state index contributed by atoms with van der Waals surface area (Å²) in [5.74, 6) is 0.200. The van der Waals surface area contributed by atoms with Gasteiger partial charge in [0.15, 0.2) is 11.5 Å². The lowest BCUT2D eigenvalue weighted by Crippen LogP contribution is -2.17. The zero-order valence-corrected chi connectivity index (χ0v) is 14.7. The molecule has 0 aliphatic rings. The van der Waals surface area contributed by atoms with Crippen LogP contribution in [0, 0.1) is 0 Å². The monoisotopic (exact) mass is 356 g/mol. The van der Waals surface area contributed by atoms with Gasteiger partial charge in [0.05, 0.1) is 32.6 Å². The fourth-order valence-corrected chi connectivity index (χ4v) is 2.33. The summed E-state index contributed by atoms with van der Waals surface area (Å²) in [6, 6.07) is 10.2. The van der Waals surface area contributed by atoms with E-state index in [-0.39, 0.29) is 11.3 Å². The Hall–Kier alpha value is -3.48. The van der Waals surface area contributed by atoms with Crippen LogP contribution in [0.2, 0.25) is 0 Å². The minimum atomic E-state index is -0.699. The maximum atomic E-state index is 12.3. The lowest BCUT2D eigenvalue weighted by molar-refractivity contribution is -0.111. The molecule has 7 nitrogen and oxygen atoms in total. The van der Waals surface area contributed by atoms with Gasteiger partial charge in [0.1, 0.15) is 5.75 Å². The number of carbonyl (C=O) groups excluding carboxylic acids is 2. The van der Waals surface area contributed by atoms with Gasteiger partial charge < -0.3 is 25.3 Å². The summed E-state index contributed by atoms with van der Waals surface area (Å²) >= 11 is 0. The fraction of sp³-hybridized carbons (Fsp3) is 0.158. The summed E-state index contributed by atoms with van der Waals surface area (Å²) in [6.07, 6.45) is 2.94. The maximum absolute atomic E-state index is 12.3. The van der Waals surface area contributed by atoms with Gasteiger partial charge in [-0.3, -0.25) is 9.59 Å². The molecule has 0 aromatic heterocycles. The van der Waals surface area contributed by atoms with Gasteiger partial charge in [-0.1, -0.05) is 18.2 Å². The molecule has 0 saturated carbocycles. The molecule has 2 aromatic carbocycles. The third-order valence-electron chi connectivity index (χ3n) is 3.60. The number of nitrogens with one attached hydrogen (secondary N) is 1. The molecule has 2 aromatic rings. The van der Waals surface area contributed by atoms with E-state index in [0.29, 0.717) is 17.2 Å². The Morgan fingerprint density at radius 2 is 1.58 bits per heavy atom. The molecule has 0 aliphatic carbocycles. The minimum absolute atomic E-state index is 0.113. The Morgan fingerprint density at radius 3 is 2.19 bits per heavy atom. The first-order valence-corrected chi connectivity index (χ1v) is 7.68. The molecule has 0 saturated heterocycles. The summed E-state index contributed by atoms with van der Waals surface area (Å²) in [4.78, 5) is 23.9. The van der Waals surface area contributed by atoms with Gasteiger partial charge in [-0.2, -0.15) is 0 Å². The Balaban J connectivity index is 2.28. The number of hydrogen-bond donors (Lipinski definition) is 2. The number of hydrogen-bond acceptors (Lipinski definition) is 5. The quantitative estimate of drug-likeness (QED) is 0.742. The van der Waals surface area contributed by atoms with Crippen LogP contribution in [-0.2, 0) is 4.79 Å². The van der Waals surface area contributed by atoms with E-state index in [2.05, 4.69) is 5.32 Å². The number of para-hydroxylation sites is 1. The van der Waals surface area contributed by atoms with Gasteiger partial charge >= 0.3 is 0 Å². The van der Waals surface area contributed by atoms with Gasteiger partial charge in [-0.15, -0.1) is 0 Å². The lowest BCUT2D eigenvalue weighted by Gasteiger charge is -2.13. The first-order valence-electron chi connectivity index (χ1n) is 7.68. The van der Waals surface area contributed by atoms with Crippen molar-refractivity contribution in [1.29, 1.82) is 0 Å². The molecule has 0 spiro atoms. The first-order chi connectivity index (χ1) is 12.5. The van der Waals surface area contributed by atoms with E-state index in [9.17, 15) is 9.59 Å². The summed E-state index contributed by atoms with van der Waals surface area (Å²) in [5, 5.41) is 2.62. The van der Waals surface area contributed by atoms with E-state index < -0.39 is 11.8 Å². The summed E-state index contributed by atoms with van der Waals surface area (Å²) in [5.41, 5.74) is 6.47. The third-order valence-corrected chi connectivity index (χ3v) is 3.60. The van der Waals surface area contributed by atoms with Crippen molar-refractivity contribution < 1.29 is 23.8 Å². The number of nitrogens with two attached hydrogens (primary N) is 1. The van der Waals surface area contributed by atoms with Crippen LogP contribution in [0.1, 0.15) is 15.9 Å². The predicted molar refractivity (Wildman–Crippen MR) is 98.7 cm³/mol. The van der Waals surface area contributed by atoms with Crippen LogP contribution < -0.4 is 25.3 Å². The van der Waals surface area contributed by atoms with Gasteiger partial charge in [-0.25, -0.2) is 0 Å². The van der Waals surface area contributed by atoms with Crippen LogP contribution in [0.15, 0.2) is 42.5 Å². The summed E-state index contributed by atoms with van der Waals surface area (Å²) in [6.45, 7) is 0. The Labute approximate surface area is 151 Å². The Morgan fingerprint density at radius 1 is 0.962 bits per heavy atom. The topological polar surface area (TPSA) is 99.9 Å². The smallest absolute Gasteiger partial charge is 0.250 e. The molecule has 0 heterocycles. The summed E-state index contributed by atoms with van der Waals surface area (Å²) < 4.78 is 15.6. The highest BCUT2D eigenvalue weighted by atomic mass is 16.5. The van der Waals surface area contributed by atoms with Crippen molar-refractivity contribution in [3.63, 3.8) is 0 Å². The number of methoxy groups -OCH3 is 3. The second kappa shape index (κ2) is 8.57. The highest BCUT2D eigenvalue weighted by Gasteiger charge is 2.16. The molecule has 136 valence electrons. The Bertz CT molecular complexity index is 846. The van der Waals surface area contributed by atoms with Gasteiger partial charge in [-0.05, 0) is 18.2 Å². The standard InChI is InChI=1S/C19H20N2O5/c1-24-15-7-5-4-6-12(15)8-9-18(22)21-14-11-17(26-3)16(25-2)10-13(14)19(20)23/h4-11H,1-3H3,(H2,20,23)(H,21,22)/b9-8+. The van der Waals surface area contributed by atoms with E-state index in [0.717, 1.165) is 5.56 Å². The van der Waals surface area contributed by atoms with Crippen LogP contribution in [0.3, 0.4) is 0 Å². The minimum Gasteiger partial charge on any atom is -0.496 e. The molecule has 3 N–H and O–H groups in total. The van der Waals surface area contributed by atoms with E-state index >= 15 is 0 Å². The zero-order chi connectivity index (χ0) is 19.1. The second-order valence-electron chi connectivity index (χ2n) is 5.18. The molecule has 7 heteroatoms. The van der Waals surface area contributed by atoms with Crippen molar-refractivity contribution in [1.82, 2.24) is 0 Å². The highest BCUT2D eigenvalue weighted by molar-refractivity contribution is 6.07. The number of ether oxygens (including phenoxy) is 3. The number of carbonyl (C=O) groups is 2. The van der Waals surface area contributed by atoms with Gasteiger partial charge in [0.2, 0.25) is 5.91 Å². The third kappa shape index (κ3) is 4.32. The molecule has 2 rings (SSSR count). The summed E-state index contributed by atoms with van der Waals surface area (Å²) in [7, 11) is 4.45. The number of anilines is 1. The van der Waals surface area contributed by atoms with E-state index in [1.165, 1.54) is 32.4 Å². The number of amides is 2. The van der Waals surface area contributed by atoms with Crippen molar-refractivity contribution in [2.45, 2.75) is 0 Å². The number of benzene rings is 2. The van der Waals surface area contributed by atoms with Crippen LogP contribution in [0.5, 0.6) is 17.2 Å². The van der Waals surface area contributed by atoms with Crippen molar-refractivity contribution >= 4 is 23.6 Å².